The third-order valence-corrected chi connectivity index (χ3v) is 2.29. The molecule has 0 bridgehead atoms. The lowest BCUT2D eigenvalue weighted by molar-refractivity contribution is 0.584. The molecule has 0 aliphatic carbocycles. The van der Waals surface area contributed by atoms with Crippen molar-refractivity contribution in [1.82, 2.24) is 15.0 Å². The summed E-state index contributed by atoms with van der Waals surface area (Å²) in [6, 6.07) is 3.04. The molecule has 0 amide bonds. The summed E-state index contributed by atoms with van der Waals surface area (Å²) in [6.45, 7) is 0. The minimum atomic E-state index is -0.701. The minimum absolute atomic E-state index is 0.0339. The second kappa shape index (κ2) is 4.81. The molecule has 0 aliphatic rings. The molecule has 1 aromatic heterocycles. The van der Waals surface area contributed by atoms with Gasteiger partial charge in [-0.25, -0.2) is 8.78 Å². The van der Waals surface area contributed by atoms with Crippen LogP contribution in [0.15, 0.2) is 18.2 Å². The number of hydrogen-bond acceptors (Lipinski definition) is 4. The van der Waals surface area contributed by atoms with E-state index in [9.17, 15) is 8.78 Å². The van der Waals surface area contributed by atoms with Crippen LogP contribution in [0, 0.1) is 11.6 Å². The van der Waals surface area contributed by atoms with E-state index in [2.05, 4.69) is 15.0 Å². The van der Waals surface area contributed by atoms with E-state index in [-0.39, 0.29) is 16.7 Å². The molecule has 0 unspecified atom stereocenters. The van der Waals surface area contributed by atoms with Crippen LogP contribution in [0.2, 0.25) is 5.28 Å². The van der Waals surface area contributed by atoms with Crippen molar-refractivity contribution in [2.24, 2.45) is 0 Å². The van der Waals surface area contributed by atoms with Gasteiger partial charge in [0.15, 0.2) is 5.82 Å². The quantitative estimate of drug-likeness (QED) is 0.841. The molecule has 7 heteroatoms. The Bertz CT molecular complexity index is 569. The number of hydrogen-bond donors (Lipinski definition) is 0. The first-order valence-electron chi connectivity index (χ1n) is 5.01. The van der Waals surface area contributed by atoms with Gasteiger partial charge in [0, 0.05) is 25.7 Å². The van der Waals surface area contributed by atoms with Gasteiger partial charge in [-0.3, -0.25) is 0 Å². The topological polar surface area (TPSA) is 41.9 Å². The largest absolute Gasteiger partial charge is 0.347 e. The van der Waals surface area contributed by atoms with Gasteiger partial charge in [0.2, 0.25) is 11.2 Å². The molecule has 94 valence electrons. The number of anilines is 1. The number of nitrogens with zero attached hydrogens (tertiary/aromatic N) is 4. The highest BCUT2D eigenvalue weighted by atomic mass is 35.5. The van der Waals surface area contributed by atoms with E-state index in [1.165, 1.54) is 0 Å². The van der Waals surface area contributed by atoms with Gasteiger partial charge < -0.3 is 4.90 Å². The van der Waals surface area contributed by atoms with Crippen LogP contribution in [0.3, 0.4) is 0 Å². The van der Waals surface area contributed by atoms with Crippen molar-refractivity contribution in [2.45, 2.75) is 0 Å². The van der Waals surface area contributed by atoms with Crippen LogP contribution < -0.4 is 4.90 Å². The highest BCUT2D eigenvalue weighted by molar-refractivity contribution is 6.28. The van der Waals surface area contributed by atoms with Crippen LogP contribution in [0.25, 0.3) is 11.4 Å². The van der Waals surface area contributed by atoms with Crippen molar-refractivity contribution in [3.8, 4) is 11.4 Å². The van der Waals surface area contributed by atoms with Gasteiger partial charge in [0.05, 0.1) is 0 Å². The number of aromatic nitrogens is 3. The van der Waals surface area contributed by atoms with Crippen molar-refractivity contribution >= 4 is 17.5 Å². The molecule has 18 heavy (non-hydrogen) atoms. The Kier molecular flexibility index (Phi) is 3.38. The van der Waals surface area contributed by atoms with Crippen LogP contribution >= 0.6 is 11.6 Å². The van der Waals surface area contributed by atoms with E-state index >= 15 is 0 Å². The van der Waals surface area contributed by atoms with E-state index in [1.807, 2.05) is 0 Å². The summed E-state index contributed by atoms with van der Waals surface area (Å²) < 4.78 is 26.2. The normalized spacial score (nSPS) is 10.5. The molecular weight excluding hydrogens is 262 g/mol. The fraction of sp³-hybridized carbons (Fsp3) is 0.182. The van der Waals surface area contributed by atoms with Gasteiger partial charge in [-0.15, -0.1) is 0 Å². The van der Waals surface area contributed by atoms with Gasteiger partial charge in [0.25, 0.3) is 0 Å². The Labute approximate surface area is 107 Å². The van der Waals surface area contributed by atoms with E-state index in [0.29, 0.717) is 5.95 Å². The molecule has 0 fully saturated rings. The van der Waals surface area contributed by atoms with Crippen molar-refractivity contribution in [1.29, 1.82) is 0 Å². The van der Waals surface area contributed by atoms with Gasteiger partial charge in [-0.2, -0.15) is 15.0 Å². The van der Waals surface area contributed by atoms with Gasteiger partial charge in [-0.05, 0) is 23.7 Å². The lowest BCUT2D eigenvalue weighted by atomic mass is 10.2. The minimum Gasteiger partial charge on any atom is -0.347 e. The fourth-order valence-electron chi connectivity index (χ4n) is 1.35. The Morgan fingerprint density at radius 1 is 1.00 bits per heavy atom. The van der Waals surface area contributed by atoms with Crippen LogP contribution in [0.1, 0.15) is 0 Å². The Hall–Kier alpha value is -1.82. The highest BCUT2D eigenvalue weighted by Crippen LogP contribution is 2.21. The van der Waals surface area contributed by atoms with E-state index in [1.54, 1.807) is 19.0 Å². The molecule has 0 saturated carbocycles. The van der Waals surface area contributed by atoms with Crippen LogP contribution in [0.5, 0.6) is 0 Å². The molecule has 0 N–H and O–H groups in total. The predicted octanol–water partition coefficient (Wildman–Crippen LogP) is 2.54. The van der Waals surface area contributed by atoms with Crippen molar-refractivity contribution in [2.75, 3.05) is 19.0 Å². The SMILES string of the molecule is CN(C)c1nc(Cl)nc(-c2cc(F)cc(F)c2)n1. The second-order valence-electron chi connectivity index (χ2n) is 3.78. The third kappa shape index (κ3) is 2.70. The van der Waals surface area contributed by atoms with Gasteiger partial charge in [0.1, 0.15) is 11.6 Å². The third-order valence-electron chi connectivity index (χ3n) is 2.12. The molecule has 0 spiro atoms. The number of rotatable bonds is 2. The molecule has 0 atom stereocenters. The van der Waals surface area contributed by atoms with Gasteiger partial charge >= 0.3 is 0 Å². The first-order valence-corrected chi connectivity index (χ1v) is 5.39. The van der Waals surface area contributed by atoms with E-state index in [4.69, 9.17) is 11.6 Å². The molecule has 1 aromatic carbocycles. The zero-order chi connectivity index (χ0) is 13.3. The molecule has 2 aromatic rings. The van der Waals surface area contributed by atoms with Crippen LogP contribution in [-0.4, -0.2) is 29.0 Å². The zero-order valence-corrected chi connectivity index (χ0v) is 10.4. The molecular formula is C11H9ClF2N4. The summed E-state index contributed by atoms with van der Waals surface area (Å²) in [6.07, 6.45) is 0. The molecule has 0 aliphatic heterocycles. The summed E-state index contributed by atoms with van der Waals surface area (Å²) in [5, 5.41) is -0.0339. The van der Waals surface area contributed by atoms with Crippen molar-refractivity contribution < 1.29 is 8.78 Å². The lowest BCUT2D eigenvalue weighted by Crippen LogP contribution is -2.14. The maximum Gasteiger partial charge on any atom is 0.229 e. The number of benzene rings is 1. The summed E-state index contributed by atoms with van der Waals surface area (Å²) in [4.78, 5) is 13.4. The van der Waals surface area contributed by atoms with Crippen LogP contribution in [-0.2, 0) is 0 Å². The second-order valence-corrected chi connectivity index (χ2v) is 4.12. The Morgan fingerprint density at radius 2 is 1.61 bits per heavy atom. The summed E-state index contributed by atoms with van der Waals surface area (Å²) in [5.74, 6) is -0.965. The van der Waals surface area contributed by atoms with Crippen molar-refractivity contribution in [3.63, 3.8) is 0 Å². The summed E-state index contributed by atoms with van der Waals surface area (Å²) in [7, 11) is 3.45. The summed E-state index contributed by atoms with van der Waals surface area (Å²) >= 11 is 5.75. The smallest absolute Gasteiger partial charge is 0.229 e. The molecule has 2 rings (SSSR count). The van der Waals surface area contributed by atoms with Gasteiger partial charge in [-0.1, -0.05) is 0 Å². The molecule has 0 radical (unpaired) electrons. The summed E-state index contributed by atoms with van der Waals surface area (Å²) in [5.41, 5.74) is 0.208. The monoisotopic (exact) mass is 270 g/mol. The van der Waals surface area contributed by atoms with Crippen LogP contribution in [0.4, 0.5) is 14.7 Å². The molecule has 0 saturated heterocycles. The first-order chi connectivity index (χ1) is 8.45. The average Bonchev–Trinajstić information content (AvgIpc) is 2.26. The highest BCUT2D eigenvalue weighted by Gasteiger charge is 2.10. The Morgan fingerprint density at radius 3 is 2.17 bits per heavy atom. The standard InChI is InChI=1S/C11H9ClF2N4/c1-18(2)11-16-9(15-10(12)17-11)6-3-7(13)5-8(14)4-6/h3-5H,1-2H3. The number of halogens is 3. The molecule has 4 nitrogen and oxygen atoms in total. The zero-order valence-electron chi connectivity index (χ0n) is 9.65. The maximum atomic E-state index is 13.1. The fourth-order valence-corrected chi connectivity index (χ4v) is 1.51. The average molecular weight is 271 g/mol. The first kappa shape index (κ1) is 12.6. The van der Waals surface area contributed by atoms with E-state index in [0.717, 1.165) is 18.2 Å². The van der Waals surface area contributed by atoms with Crippen molar-refractivity contribution in [3.05, 3.63) is 35.1 Å². The molecule has 1 heterocycles. The predicted molar refractivity (Wildman–Crippen MR) is 64.5 cm³/mol. The Balaban J connectivity index is 2.56. The lowest BCUT2D eigenvalue weighted by Gasteiger charge is -2.11. The van der Waals surface area contributed by atoms with E-state index < -0.39 is 11.6 Å². The maximum absolute atomic E-state index is 13.1.